The number of aromatic nitrogens is 2. The van der Waals surface area contributed by atoms with E-state index >= 15 is 0 Å². The molecule has 3 fully saturated rings. The first kappa shape index (κ1) is 41.3. The minimum absolute atomic E-state index is 0.0587. The highest BCUT2D eigenvalue weighted by molar-refractivity contribution is 6.07. The zero-order valence-electron chi connectivity index (χ0n) is 36.6. The molecule has 330 valence electrons. The van der Waals surface area contributed by atoms with Crippen LogP contribution in [0, 0.1) is 11.8 Å². The number of hydrogen-bond acceptors (Lipinski definition) is 9. The lowest BCUT2D eigenvalue weighted by molar-refractivity contribution is -0.136. The van der Waals surface area contributed by atoms with Gasteiger partial charge in [0.25, 0.3) is 5.91 Å². The van der Waals surface area contributed by atoms with Crippen molar-refractivity contribution in [1.82, 2.24) is 30.4 Å². The van der Waals surface area contributed by atoms with E-state index in [0.29, 0.717) is 36.9 Å². The van der Waals surface area contributed by atoms with Gasteiger partial charge in [0, 0.05) is 30.3 Å². The van der Waals surface area contributed by atoms with Gasteiger partial charge < -0.3 is 39.6 Å². The standard InChI is InChI=1S/C50H53N7O7/c1-27(2)44(54-49(60)62-3)48(59)57-40-13-8-12-31(40)22-42(57)38-23-35-34-24-43-36(21-29(34)16-18-37(35)52-38)33-17-15-30(20-32(33)26-64-43)39-25-51-46(53-39)41-14-9-19-56(41)47(58)45(55-50(61)63-4)28-10-6-5-7-11-28/h5-7,10-11,15-18,20-21,24-25,27,31,40-42,44-45H,8-9,12-14,19,22-23,26H2,1-4H3,(H,51,53)(H,54,60)(H,55,61)/t31-,40-,41?,42-,44-,45?/m0/s1. The fourth-order valence-corrected chi connectivity index (χ4v) is 10.9. The molecule has 4 aliphatic heterocycles. The lowest BCUT2D eigenvalue weighted by Gasteiger charge is -2.34. The van der Waals surface area contributed by atoms with E-state index in [1.165, 1.54) is 14.2 Å². The quantitative estimate of drug-likeness (QED) is 0.133. The van der Waals surface area contributed by atoms with Crippen LogP contribution in [-0.4, -0.2) is 88.4 Å². The third-order valence-corrected chi connectivity index (χ3v) is 14.1. The first-order chi connectivity index (χ1) is 31.1. The van der Waals surface area contributed by atoms with Crippen molar-refractivity contribution in [2.24, 2.45) is 16.8 Å². The molecule has 0 bridgehead atoms. The van der Waals surface area contributed by atoms with Crippen molar-refractivity contribution in [3.05, 3.63) is 102 Å². The number of nitrogens with zero attached hydrogens (tertiary/aromatic N) is 4. The minimum atomic E-state index is -0.891. The van der Waals surface area contributed by atoms with Gasteiger partial charge in [-0.1, -0.05) is 68.8 Å². The number of aromatic amines is 1. The number of rotatable bonds is 9. The molecule has 1 aliphatic carbocycles. The number of alkyl carbamates (subject to hydrolysis) is 2. The average Bonchev–Trinajstić information content (AvgIpc) is 4.17. The highest BCUT2D eigenvalue weighted by Gasteiger charge is 2.50. The Labute approximate surface area is 371 Å². The van der Waals surface area contributed by atoms with Crippen molar-refractivity contribution in [3.8, 4) is 28.1 Å². The Kier molecular flexibility index (Phi) is 10.8. The zero-order valence-corrected chi connectivity index (χ0v) is 36.6. The van der Waals surface area contributed by atoms with Gasteiger partial charge in [-0.3, -0.25) is 14.6 Å². The molecule has 0 radical (unpaired) electrons. The monoisotopic (exact) mass is 863 g/mol. The van der Waals surface area contributed by atoms with E-state index in [4.69, 9.17) is 24.2 Å². The maximum atomic E-state index is 14.3. The molecule has 5 aromatic rings. The SMILES string of the molecule is COC(=O)NC(C(=O)N1CCCC1c1ncc(-c2ccc3c(c2)COc2cc4c5c(ccc4cc2-3)N=C([C@@H]2C[C@@H]3CCC[C@@H]3N2C(=O)[C@@H](NC(=O)OC)C(C)C)C5)[nH]1)c1ccccc1. The molecule has 2 unspecified atom stereocenters. The molecule has 1 saturated carbocycles. The van der Waals surface area contributed by atoms with Crippen LogP contribution >= 0.6 is 0 Å². The summed E-state index contributed by atoms with van der Waals surface area (Å²) >= 11 is 0. The van der Waals surface area contributed by atoms with E-state index in [-0.39, 0.29) is 35.9 Å². The van der Waals surface area contributed by atoms with Gasteiger partial charge in [-0.25, -0.2) is 14.6 Å². The van der Waals surface area contributed by atoms with E-state index in [9.17, 15) is 19.2 Å². The maximum absolute atomic E-state index is 14.3. The number of amides is 4. The third-order valence-electron chi connectivity index (χ3n) is 14.1. The van der Waals surface area contributed by atoms with Crippen LogP contribution in [0.5, 0.6) is 5.75 Å². The molecular formula is C50H53N7O7. The van der Waals surface area contributed by atoms with Crippen LogP contribution in [0.1, 0.15) is 87.0 Å². The van der Waals surface area contributed by atoms with Gasteiger partial charge in [-0.2, -0.15) is 0 Å². The van der Waals surface area contributed by atoms with Crippen molar-refractivity contribution in [2.75, 3.05) is 20.8 Å². The molecule has 1 aromatic heterocycles. The molecule has 2 saturated heterocycles. The van der Waals surface area contributed by atoms with Gasteiger partial charge in [0.15, 0.2) is 0 Å². The van der Waals surface area contributed by atoms with E-state index < -0.39 is 24.3 Å². The van der Waals surface area contributed by atoms with Gasteiger partial charge >= 0.3 is 12.2 Å². The van der Waals surface area contributed by atoms with E-state index in [1.807, 2.05) is 50.4 Å². The van der Waals surface area contributed by atoms with E-state index in [0.717, 1.165) is 100.0 Å². The number of H-pyrrole nitrogens is 1. The number of methoxy groups -OCH3 is 2. The molecule has 4 aromatic carbocycles. The fraction of sp³-hybridized carbons (Fsp3) is 0.400. The Hall–Kier alpha value is -6.70. The molecule has 10 rings (SSSR count). The number of carbonyl (C=O) groups excluding carboxylic acids is 4. The number of likely N-dealkylation sites (tertiary alicyclic amines) is 2. The lowest BCUT2D eigenvalue weighted by Crippen LogP contribution is -2.56. The van der Waals surface area contributed by atoms with Crippen LogP contribution in [0.2, 0.25) is 0 Å². The van der Waals surface area contributed by atoms with Gasteiger partial charge in [-0.05, 0) is 107 Å². The molecule has 3 N–H and O–H groups in total. The molecule has 14 nitrogen and oxygen atoms in total. The number of nitrogens with one attached hydrogen (secondary N) is 3. The summed E-state index contributed by atoms with van der Waals surface area (Å²) in [6.45, 7) is 4.85. The second-order valence-electron chi connectivity index (χ2n) is 18.0. The first-order valence-electron chi connectivity index (χ1n) is 22.4. The number of carbonyl (C=O) groups is 4. The van der Waals surface area contributed by atoms with Crippen molar-refractivity contribution >= 4 is 46.2 Å². The average molecular weight is 864 g/mol. The van der Waals surface area contributed by atoms with Crippen LogP contribution in [0.4, 0.5) is 15.3 Å². The Morgan fingerprint density at radius 1 is 0.859 bits per heavy atom. The van der Waals surface area contributed by atoms with Crippen molar-refractivity contribution in [2.45, 2.75) is 95.6 Å². The van der Waals surface area contributed by atoms with Crippen LogP contribution in [-0.2, 0) is 32.1 Å². The molecule has 0 spiro atoms. The Morgan fingerprint density at radius 2 is 1.67 bits per heavy atom. The van der Waals surface area contributed by atoms with Crippen LogP contribution in [0.15, 0.2) is 84.0 Å². The number of imidazole rings is 1. The first-order valence-corrected chi connectivity index (χ1v) is 22.4. The van der Waals surface area contributed by atoms with Crippen LogP contribution in [0.3, 0.4) is 0 Å². The summed E-state index contributed by atoms with van der Waals surface area (Å²) in [4.78, 5) is 70.3. The van der Waals surface area contributed by atoms with E-state index in [1.54, 1.807) is 4.90 Å². The molecule has 14 heteroatoms. The maximum Gasteiger partial charge on any atom is 0.407 e. The third kappa shape index (κ3) is 7.31. The smallest absolute Gasteiger partial charge is 0.407 e. The Bertz CT molecular complexity index is 2700. The molecule has 6 atom stereocenters. The van der Waals surface area contributed by atoms with Crippen molar-refractivity contribution in [1.29, 1.82) is 0 Å². The Balaban J connectivity index is 0.878. The zero-order chi connectivity index (χ0) is 44.2. The summed E-state index contributed by atoms with van der Waals surface area (Å²) in [5.41, 5.74) is 8.74. The summed E-state index contributed by atoms with van der Waals surface area (Å²) in [6.07, 6.45) is 6.78. The number of fused-ring (bicyclic) bond motifs is 7. The Morgan fingerprint density at radius 3 is 2.47 bits per heavy atom. The van der Waals surface area contributed by atoms with Crippen LogP contribution < -0.4 is 15.4 Å². The number of ether oxygens (including phenoxy) is 3. The summed E-state index contributed by atoms with van der Waals surface area (Å²) in [7, 11) is 2.61. The number of benzene rings is 4. The summed E-state index contributed by atoms with van der Waals surface area (Å²) in [6, 6.07) is 22.3. The minimum Gasteiger partial charge on any atom is -0.488 e. The summed E-state index contributed by atoms with van der Waals surface area (Å²) in [5, 5.41) is 7.74. The molecule has 64 heavy (non-hydrogen) atoms. The van der Waals surface area contributed by atoms with E-state index in [2.05, 4.69) is 63.0 Å². The highest BCUT2D eigenvalue weighted by atomic mass is 16.5. The van der Waals surface area contributed by atoms with Crippen molar-refractivity contribution in [3.63, 3.8) is 0 Å². The van der Waals surface area contributed by atoms with Gasteiger partial charge in [0.1, 0.15) is 30.3 Å². The molecule has 5 aliphatic rings. The number of hydrogen-bond donors (Lipinski definition) is 3. The second kappa shape index (κ2) is 16.8. The largest absolute Gasteiger partial charge is 0.488 e. The van der Waals surface area contributed by atoms with Crippen molar-refractivity contribution < 1.29 is 33.4 Å². The molecule has 5 heterocycles. The second-order valence-corrected chi connectivity index (χ2v) is 18.0. The molecular weight excluding hydrogens is 811 g/mol. The van der Waals surface area contributed by atoms with Gasteiger partial charge in [0.05, 0.1) is 43.9 Å². The summed E-state index contributed by atoms with van der Waals surface area (Å²) in [5.74, 6) is 1.56. The van der Waals surface area contributed by atoms with Crippen LogP contribution in [0.25, 0.3) is 33.2 Å². The molecule has 4 amide bonds. The van der Waals surface area contributed by atoms with Gasteiger partial charge in [0.2, 0.25) is 5.91 Å². The fourth-order valence-electron chi connectivity index (χ4n) is 10.9. The lowest BCUT2D eigenvalue weighted by atomic mass is 9.90. The number of aliphatic imine (C=N–C) groups is 1. The highest BCUT2D eigenvalue weighted by Crippen LogP contribution is 2.47. The topological polar surface area (TPSA) is 168 Å². The van der Waals surface area contributed by atoms with Gasteiger partial charge in [-0.15, -0.1) is 0 Å². The summed E-state index contributed by atoms with van der Waals surface area (Å²) < 4.78 is 16.3. The predicted molar refractivity (Wildman–Crippen MR) is 241 cm³/mol. The predicted octanol–water partition coefficient (Wildman–Crippen LogP) is 8.33. The normalized spacial score (nSPS) is 21.6.